The van der Waals surface area contributed by atoms with Crippen molar-refractivity contribution >= 4 is 11.3 Å². The molecular weight excluding hydrogens is 306 g/mol. The minimum absolute atomic E-state index is 0.279. The van der Waals surface area contributed by atoms with Crippen LogP contribution in [0.25, 0.3) is 0 Å². The van der Waals surface area contributed by atoms with Gasteiger partial charge in [-0.25, -0.2) is 13.8 Å². The number of benzene rings is 1. The van der Waals surface area contributed by atoms with Crippen LogP contribution in [0.2, 0.25) is 0 Å². The topological polar surface area (TPSA) is 36.4 Å². The van der Waals surface area contributed by atoms with Crippen molar-refractivity contribution in [3.8, 4) is 0 Å². The summed E-state index contributed by atoms with van der Waals surface area (Å²) in [6.45, 7) is 3.15. The zero-order valence-corrected chi connectivity index (χ0v) is 13.1. The standard InChI is InChI=1S/C16H18F2N2OS/c1-10-16(22-9-19-10)4-5-20-8-12(21)7-15(20)13-6-11(17)2-3-14(13)18/h2-3,6,9,12,15,21H,4-5,7-8H2,1H3/t12-,15-/m1/s1. The summed E-state index contributed by atoms with van der Waals surface area (Å²) in [5.41, 5.74) is 3.16. The molecule has 0 bridgehead atoms. The van der Waals surface area contributed by atoms with Crippen LogP contribution in [0.4, 0.5) is 8.78 Å². The molecule has 2 aromatic rings. The highest BCUT2D eigenvalue weighted by Crippen LogP contribution is 2.34. The molecule has 1 N–H and O–H groups in total. The highest BCUT2D eigenvalue weighted by molar-refractivity contribution is 7.09. The number of aromatic nitrogens is 1. The van der Waals surface area contributed by atoms with Crippen molar-refractivity contribution < 1.29 is 13.9 Å². The number of β-amino-alcohol motifs (C(OH)–C–C–N with tert-alkyl or cyclic N) is 1. The first-order valence-electron chi connectivity index (χ1n) is 7.30. The van der Waals surface area contributed by atoms with Gasteiger partial charge in [0, 0.05) is 29.6 Å². The lowest BCUT2D eigenvalue weighted by Gasteiger charge is -2.24. The summed E-state index contributed by atoms with van der Waals surface area (Å²) < 4.78 is 27.4. The number of aliphatic hydroxyl groups is 1. The lowest BCUT2D eigenvalue weighted by molar-refractivity contribution is 0.175. The number of aliphatic hydroxyl groups excluding tert-OH is 1. The highest BCUT2D eigenvalue weighted by atomic mass is 32.1. The van der Waals surface area contributed by atoms with Gasteiger partial charge in [-0.15, -0.1) is 11.3 Å². The van der Waals surface area contributed by atoms with Gasteiger partial charge >= 0.3 is 0 Å². The van der Waals surface area contributed by atoms with Crippen molar-refractivity contribution in [2.75, 3.05) is 13.1 Å². The lowest BCUT2D eigenvalue weighted by atomic mass is 10.0. The summed E-state index contributed by atoms with van der Waals surface area (Å²) in [7, 11) is 0. The van der Waals surface area contributed by atoms with Crippen LogP contribution >= 0.6 is 11.3 Å². The normalized spacial score (nSPS) is 22.4. The second-order valence-corrected chi connectivity index (χ2v) is 6.62. The quantitative estimate of drug-likeness (QED) is 0.939. The van der Waals surface area contributed by atoms with Gasteiger partial charge in [0.05, 0.1) is 17.3 Å². The summed E-state index contributed by atoms with van der Waals surface area (Å²) in [6.07, 6.45) is 0.730. The fourth-order valence-corrected chi connectivity index (χ4v) is 3.80. The maximum absolute atomic E-state index is 14.0. The summed E-state index contributed by atoms with van der Waals surface area (Å²) in [5, 5.41) is 9.94. The van der Waals surface area contributed by atoms with E-state index in [0.717, 1.165) is 24.2 Å². The Hall–Kier alpha value is -1.37. The smallest absolute Gasteiger partial charge is 0.128 e. The van der Waals surface area contributed by atoms with E-state index in [1.54, 1.807) is 11.3 Å². The second-order valence-electron chi connectivity index (χ2n) is 5.68. The Morgan fingerprint density at radius 2 is 2.23 bits per heavy atom. The SMILES string of the molecule is Cc1ncsc1CCN1C[C@H](O)C[C@@H]1c1cc(F)ccc1F. The van der Waals surface area contributed by atoms with Crippen molar-refractivity contribution in [2.24, 2.45) is 0 Å². The van der Waals surface area contributed by atoms with E-state index in [1.807, 2.05) is 17.3 Å². The molecule has 1 saturated heterocycles. The predicted molar refractivity (Wildman–Crippen MR) is 81.9 cm³/mol. The summed E-state index contributed by atoms with van der Waals surface area (Å²) in [4.78, 5) is 7.44. The molecule has 1 aliphatic heterocycles. The van der Waals surface area contributed by atoms with E-state index >= 15 is 0 Å². The minimum Gasteiger partial charge on any atom is -0.392 e. The average Bonchev–Trinajstić information content (AvgIpc) is 3.05. The Kier molecular flexibility index (Phi) is 4.52. The Morgan fingerprint density at radius 3 is 2.95 bits per heavy atom. The number of aryl methyl sites for hydroxylation is 1. The molecule has 0 radical (unpaired) electrons. The second kappa shape index (κ2) is 6.40. The van der Waals surface area contributed by atoms with Crippen LogP contribution in [0, 0.1) is 18.6 Å². The zero-order chi connectivity index (χ0) is 15.7. The molecule has 0 aliphatic carbocycles. The first kappa shape index (κ1) is 15.5. The summed E-state index contributed by atoms with van der Waals surface area (Å²) >= 11 is 1.60. The molecule has 118 valence electrons. The number of thiazole rings is 1. The van der Waals surface area contributed by atoms with E-state index in [0.29, 0.717) is 25.1 Å². The highest BCUT2D eigenvalue weighted by Gasteiger charge is 2.33. The third-order valence-electron chi connectivity index (χ3n) is 4.17. The third-order valence-corrected chi connectivity index (χ3v) is 5.16. The zero-order valence-electron chi connectivity index (χ0n) is 12.3. The molecule has 2 atom stereocenters. The van der Waals surface area contributed by atoms with Crippen molar-refractivity contribution in [2.45, 2.75) is 31.9 Å². The molecule has 0 unspecified atom stereocenters. The van der Waals surface area contributed by atoms with Crippen LogP contribution in [0.3, 0.4) is 0 Å². The summed E-state index contributed by atoms with van der Waals surface area (Å²) in [5.74, 6) is -0.865. The molecule has 0 spiro atoms. The number of likely N-dealkylation sites (tertiary alicyclic amines) is 1. The molecule has 1 aliphatic rings. The van der Waals surface area contributed by atoms with Gasteiger partial charge in [-0.2, -0.15) is 0 Å². The number of hydrogen-bond acceptors (Lipinski definition) is 4. The van der Waals surface area contributed by atoms with Crippen molar-refractivity contribution in [3.63, 3.8) is 0 Å². The Balaban J connectivity index is 1.77. The van der Waals surface area contributed by atoms with E-state index in [1.165, 1.54) is 10.9 Å². The molecule has 3 nitrogen and oxygen atoms in total. The minimum atomic E-state index is -0.504. The van der Waals surface area contributed by atoms with E-state index in [2.05, 4.69) is 4.98 Å². The van der Waals surface area contributed by atoms with E-state index in [-0.39, 0.29) is 6.04 Å². The Bertz CT molecular complexity index is 661. The fourth-order valence-electron chi connectivity index (χ4n) is 3.03. The maximum Gasteiger partial charge on any atom is 0.128 e. The predicted octanol–water partition coefficient (Wildman–Crippen LogP) is 3.08. The molecule has 1 fully saturated rings. The monoisotopic (exact) mass is 324 g/mol. The van der Waals surface area contributed by atoms with Crippen molar-refractivity contribution in [3.05, 3.63) is 51.5 Å². The maximum atomic E-state index is 14.0. The van der Waals surface area contributed by atoms with Gasteiger partial charge in [0.15, 0.2) is 0 Å². The van der Waals surface area contributed by atoms with Gasteiger partial charge in [0.2, 0.25) is 0 Å². The first-order chi connectivity index (χ1) is 10.5. The van der Waals surface area contributed by atoms with Crippen LogP contribution in [-0.4, -0.2) is 34.2 Å². The average molecular weight is 324 g/mol. The largest absolute Gasteiger partial charge is 0.392 e. The third kappa shape index (κ3) is 3.19. The van der Waals surface area contributed by atoms with Crippen LogP contribution in [0.1, 0.15) is 28.6 Å². The fraction of sp³-hybridized carbons (Fsp3) is 0.438. The molecule has 6 heteroatoms. The molecule has 1 aromatic heterocycles. The first-order valence-corrected chi connectivity index (χ1v) is 8.18. The van der Waals surface area contributed by atoms with E-state index in [9.17, 15) is 13.9 Å². The Labute approximate surface area is 132 Å². The van der Waals surface area contributed by atoms with E-state index in [4.69, 9.17) is 0 Å². The summed E-state index contributed by atoms with van der Waals surface area (Å²) in [6, 6.07) is 3.23. The van der Waals surface area contributed by atoms with Crippen molar-refractivity contribution in [1.29, 1.82) is 0 Å². The van der Waals surface area contributed by atoms with Gasteiger partial charge in [-0.3, -0.25) is 4.90 Å². The van der Waals surface area contributed by atoms with Crippen molar-refractivity contribution in [1.82, 2.24) is 9.88 Å². The van der Waals surface area contributed by atoms with Gasteiger partial charge in [-0.1, -0.05) is 0 Å². The molecule has 3 rings (SSSR count). The number of halogens is 2. The molecule has 22 heavy (non-hydrogen) atoms. The molecule has 2 heterocycles. The van der Waals surface area contributed by atoms with Crippen LogP contribution in [0.5, 0.6) is 0 Å². The van der Waals surface area contributed by atoms with Crippen LogP contribution in [-0.2, 0) is 6.42 Å². The molecule has 0 amide bonds. The number of hydrogen-bond donors (Lipinski definition) is 1. The van der Waals surface area contributed by atoms with Crippen LogP contribution in [0.15, 0.2) is 23.7 Å². The Morgan fingerprint density at radius 1 is 1.41 bits per heavy atom. The molecule has 1 aromatic carbocycles. The lowest BCUT2D eigenvalue weighted by Crippen LogP contribution is -2.27. The van der Waals surface area contributed by atoms with Crippen LogP contribution < -0.4 is 0 Å². The molecular formula is C16H18F2N2OS. The molecule has 0 saturated carbocycles. The number of nitrogens with zero attached hydrogens (tertiary/aromatic N) is 2. The van der Waals surface area contributed by atoms with Gasteiger partial charge in [-0.05, 0) is 38.0 Å². The number of rotatable bonds is 4. The van der Waals surface area contributed by atoms with E-state index < -0.39 is 17.7 Å². The van der Waals surface area contributed by atoms with Gasteiger partial charge in [0.25, 0.3) is 0 Å². The van der Waals surface area contributed by atoms with Gasteiger partial charge in [0.1, 0.15) is 11.6 Å². The van der Waals surface area contributed by atoms with Gasteiger partial charge < -0.3 is 5.11 Å².